The third-order valence-electron chi connectivity index (χ3n) is 5.07. The van der Waals surface area contributed by atoms with Crippen molar-refractivity contribution in [3.8, 4) is 0 Å². The second kappa shape index (κ2) is 5.82. The Morgan fingerprint density at radius 1 is 1.23 bits per heavy atom. The van der Waals surface area contributed by atoms with Gasteiger partial charge in [-0.25, -0.2) is 4.98 Å². The first kappa shape index (κ1) is 15.4. The Balaban J connectivity index is 1.60. The lowest BCUT2D eigenvalue weighted by atomic mass is 10.1. The number of fused-ring (bicyclic) bond motifs is 1. The van der Waals surface area contributed by atoms with Gasteiger partial charge in [-0.1, -0.05) is 0 Å². The molecule has 0 aromatic carbocycles. The zero-order chi connectivity index (χ0) is 17.7. The highest BCUT2D eigenvalue weighted by Crippen LogP contribution is 2.29. The summed E-state index contributed by atoms with van der Waals surface area (Å²) in [6.07, 6.45) is 8.23. The van der Waals surface area contributed by atoms with Gasteiger partial charge in [-0.2, -0.15) is 9.61 Å². The van der Waals surface area contributed by atoms with E-state index in [0.717, 1.165) is 30.3 Å². The lowest BCUT2D eigenvalue weighted by Crippen LogP contribution is -2.20. The van der Waals surface area contributed by atoms with Gasteiger partial charge in [-0.05, 0) is 31.8 Å². The number of aromatic nitrogens is 3. The minimum Gasteiger partial charge on any atom is -0.367 e. The Morgan fingerprint density at radius 3 is 2.73 bits per heavy atom. The van der Waals surface area contributed by atoms with E-state index in [0.29, 0.717) is 17.3 Å². The van der Waals surface area contributed by atoms with Gasteiger partial charge < -0.3 is 10.2 Å². The van der Waals surface area contributed by atoms with Gasteiger partial charge in [0, 0.05) is 36.3 Å². The molecule has 1 aliphatic carbocycles. The molecule has 0 bridgehead atoms. The molecule has 5 rings (SSSR count). The molecule has 2 N–H and O–H groups in total. The molecule has 2 amide bonds. The molecular formula is C18H20N6O2. The highest BCUT2D eigenvalue weighted by Gasteiger charge is 2.26. The standard InChI is InChI=1S/C18H20N6O2/c25-16-8-11(18(26)22-16)7-12-10-19-24-15(20-13-3-4-13)9-14(21-17(12)24)23-5-1-2-6-23/h7,9-10,13,20H,1-6,8H2,(H,22,25,26)/b11-7+. The Labute approximate surface area is 150 Å². The first-order valence-corrected chi connectivity index (χ1v) is 9.12. The van der Waals surface area contributed by atoms with E-state index in [9.17, 15) is 9.59 Å². The van der Waals surface area contributed by atoms with E-state index < -0.39 is 0 Å². The second-order valence-electron chi connectivity index (χ2n) is 7.17. The number of hydrogen-bond acceptors (Lipinski definition) is 6. The number of hydrogen-bond donors (Lipinski definition) is 2. The van der Waals surface area contributed by atoms with E-state index in [1.54, 1.807) is 16.8 Å². The van der Waals surface area contributed by atoms with Crippen molar-refractivity contribution in [1.29, 1.82) is 0 Å². The smallest absolute Gasteiger partial charge is 0.254 e. The summed E-state index contributed by atoms with van der Waals surface area (Å²) in [5, 5.41) is 10.3. The predicted molar refractivity (Wildman–Crippen MR) is 96.8 cm³/mol. The molecular weight excluding hydrogens is 332 g/mol. The van der Waals surface area contributed by atoms with Gasteiger partial charge in [0.15, 0.2) is 5.65 Å². The molecule has 2 saturated heterocycles. The number of rotatable bonds is 4. The third kappa shape index (κ3) is 2.71. The van der Waals surface area contributed by atoms with Crippen molar-refractivity contribution in [2.24, 2.45) is 0 Å². The van der Waals surface area contributed by atoms with E-state index in [1.807, 2.05) is 0 Å². The maximum Gasteiger partial charge on any atom is 0.254 e. The Kier molecular flexibility index (Phi) is 3.44. The molecule has 134 valence electrons. The van der Waals surface area contributed by atoms with E-state index in [-0.39, 0.29) is 18.2 Å². The average Bonchev–Trinajstić information content (AvgIpc) is 3.01. The van der Waals surface area contributed by atoms with Crippen LogP contribution in [0.25, 0.3) is 11.7 Å². The van der Waals surface area contributed by atoms with Gasteiger partial charge in [-0.3, -0.25) is 14.9 Å². The molecule has 0 radical (unpaired) electrons. The maximum absolute atomic E-state index is 11.9. The minimum atomic E-state index is -0.332. The van der Waals surface area contributed by atoms with E-state index in [1.165, 1.54) is 25.7 Å². The lowest BCUT2D eigenvalue weighted by Gasteiger charge is -2.18. The first-order chi connectivity index (χ1) is 12.7. The maximum atomic E-state index is 11.9. The Hall–Kier alpha value is -2.90. The fourth-order valence-corrected chi connectivity index (χ4v) is 3.53. The van der Waals surface area contributed by atoms with Crippen LogP contribution in [-0.4, -0.2) is 45.5 Å². The summed E-state index contributed by atoms with van der Waals surface area (Å²) in [6.45, 7) is 2.01. The average molecular weight is 352 g/mol. The number of amides is 2. The van der Waals surface area contributed by atoms with E-state index in [2.05, 4.69) is 26.7 Å². The van der Waals surface area contributed by atoms with Crippen LogP contribution < -0.4 is 15.5 Å². The largest absolute Gasteiger partial charge is 0.367 e. The van der Waals surface area contributed by atoms with Crippen LogP contribution in [0.1, 0.15) is 37.7 Å². The summed E-state index contributed by atoms with van der Waals surface area (Å²) >= 11 is 0. The van der Waals surface area contributed by atoms with Crippen LogP contribution in [0.5, 0.6) is 0 Å². The summed E-state index contributed by atoms with van der Waals surface area (Å²) < 4.78 is 1.79. The summed E-state index contributed by atoms with van der Waals surface area (Å²) in [6, 6.07) is 2.56. The van der Waals surface area contributed by atoms with Crippen LogP contribution in [0.3, 0.4) is 0 Å². The molecule has 8 nitrogen and oxygen atoms in total. The van der Waals surface area contributed by atoms with Gasteiger partial charge >= 0.3 is 0 Å². The third-order valence-corrected chi connectivity index (χ3v) is 5.07. The van der Waals surface area contributed by atoms with E-state index >= 15 is 0 Å². The van der Waals surface area contributed by atoms with Crippen molar-refractivity contribution in [3.63, 3.8) is 0 Å². The SMILES string of the molecule is O=C1C/C(=C\c2cnn3c(NC4CC4)cc(N4CCCC4)nc23)C(=O)N1. The zero-order valence-electron chi connectivity index (χ0n) is 14.4. The highest BCUT2D eigenvalue weighted by atomic mass is 16.2. The summed E-state index contributed by atoms with van der Waals surface area (Å²) in [4.78, 5) is 30.4. The molecule has 3 aliphatic rings. The normalized spacial score (nSPS) is 21.8. The summed E-state index contributed by atoms with van der Waals surface area (Å²) in [5.41, 5.74) is 1.91. The Bertz CT molecular complexity index is 937. The van der Waals surface area contributed by atoms with Crippen LogP contribution in [-0.2, 0) is 9.59 Å². The van der Waals surface area contributed by atoms with Crippen molar-refractivity contribution in [2.45, 2.75) is 38.1 Å². The van der Waals surface area contributed by atoms with Crippen LogP contribution in [0.2, 0.25) is 0 Å². The highest BCUT2D eigenvalue weighted by molar-refractivity contribution is 6.15. The van der Waals surface area contributed by atoms with E-state index in [4.69, 9.17) is 4.98 Å². The summed E-state index contributed by atoms with van der Waals surface area (Å²) in [5.74, 6) is 1.27. The summed E-state index contributed by atoms with van der Waals surface area (Å²) in [7, 11) is 0. The molecule has 2 aromatic heterocycles. The predicted octanol–water partition coefficient (Wildman–Crippen LogP) is 1.33. The quantitative estimate of drug-likeness (QED) is 0.637. The van der Waals surface area contributed by atoms with Gasteiger partial charge in [0.25, 0.3) is 5.91 Å². The fraction of sp³-hybridized carbons (Fsp3) is 0.444. The van der Waals surface area contributed by atoms with Crippen molar-refractivity contribution < 1.29 is 9.59 Å². The van der Waals surface area contributed by atoms with Crippen LogP contribution >= 0.6 is 0 Å². The molecule has 0 spiro atoms. The molecule has 2 aromatic rings. The molecule has 2 aliphatic heterocycles. The van der Waals surface area contributed by atoms with Gasteiger partial charge in [-0.15, -0.1) is 0 Å². The number of imide groups is 1. The number of carbonyl (C=O) groups excluding carboxylic acids is 2. The molecule has 0 unspecified atom stereocenters. The Morgan fingerprint density at radius 2 is 2.04 bits per heavy atom. The van der Waals surface area contributed by atoms with Crippen molar-refractivity contribution in [3.05, 3.63) is 23.4 Å². The van der Waals surface area contributed by atoms with Crippen molar-refractivity contribution in [2.75, 3.05) is 23.3 Å². The fourth-order valence-electron chi connectivity index (χ4n) is 3.53. The van der Waals surface area contributed by atoms with Crippen molar-refractivity contribution >= 4 is 35.2 Å². The molecule has 0 atom stereocenters. The molecule has 3 fully saturated rings. The topological polar surface area (TPSA) is 91.6 Å². The van der Waals surface area contributed by atoms with Crippen LogP contribution in [0.15, 0.2) is 17.8 Å². The zero-order valence-corrected chi connectivity index (χ0v) is 14.4. The monoisotopic (exact) mass is 352 g/mol. The molecule has 4 heterocycles. The second-order valence-corrected chi connectivity index (χ2v) is 7.17. The number of nitrogens with zero attached hydrogens (tertiary/aromatic N) is 4. The number of nitrogens with one attached hydrogen (secondary N) is 2. The number of carbonyl (C=O) groups is 2. The van der Waals surface area contributed by atoms with Gasteiger partial charge in [0.1, 0.15) is 11.6 Å². The van der Waals surface area contributed by atoms with Gasteiger partial charge in [0.05, 0.1) is 12.6 Å². The number of anilines is 2. The minimum absolute atomic E-state index is 0.106. The first-order valence-electron chi connectivity index (χ1n) is 9.12. The van der Waals surface area contributed by atoms with Crippen molar-refractivity contribution in [1.82, 2.24) is 19.9 Å². The lowest BCUT2D eigenvalue weighted by molar-refractivity contribution is -0.124. The molecule has 1 saturated carbocycles. The van der Waals surface area contributed by atoms with Crippen LogP contribution in [0.4, 0.5) is 11.6 Å². The molecule has 8 heteroatoms. The van der Waals surface area contributed by atoms with Gasteiger partial charge in [0.2, 0.25) is 5.91 Å². The van der Waals surface area contributed by atoms with Crippen LogP contribution in [0, 0.1) is 0 Å². The molecule has 26 heavy (non-hydrogen) atoms.